The van der Waals surface area contributed by atoms with Crippen molar-refractivity contribution in [1.29, 1.82) is 0 Å². The molecule has 0 N–H and O–H groups in total. The molecule has 0 aromatic carbocycles. The fourth-order valence-electron chi connectivity index (χ4n) is 2.17. The van der Waals surface area contributed by atoms with E-state index in [0.29, 0.717) is 18.7 Å². The Kier molecular flexibility index (Phi) is 3.96. The van der Waals surface area contributed by atoms with Crippen LogP contribution in [0.2, 0.25) is 0 Å². The summed E-state index contributed by atoms with van der Waals surface area (Å²) < 4.78 is 32.7. The van der Waals surface area contributed by atoms with Crippen LogP contribution in [0.4, 0.5) is 0 Å². The van der Waals surface area contributed by atoms with Crippen molar-refractivity contribution in [2.24, 2.45) is 0 Å². The topological polar surface area (TPSA) is 76.8 Å². The average Bonchev–Trinajstić information content (AvgIpc) is 2.94. The molecule has 6 nitrogen and oxygen atoms in total. The summed E-state index contributed by atoms with van der Waals surface area (Å²) in [6.45, 7) is 0.469. The van der Waals surface area contributed by atoms with Crippen LogP contribution in [-0.4, -0.2) is 51.0 Å². The summed E-state index contributed by atoms with van der Waals surface area (Å²) in [5, 5.41) is 0. The minimum Gasteiger partial charge on any atom is -0.463 e. The molecule has 0 bridgehead atoms. The van der Waals surface area contributed by atoms with Gasteiger partial charge in [-0.1, -0.05) is 0 Å². The molecule has 7 heteroatoms. The highest BCUT2D eigenvalue weighted by Gasteiger charge is 2.30. The number of furan rings is 1. The van der Waals surface area contributed by atoms with Crippen molar-refractivity contribution in [2.45, 2.75) is 19.0 Å². The van der Waals surface area contributed by atoms with Crippen LogP contribution in [0, 0.1) is 0 Å². The molecule has 1 aliphatic rings. The van der Waals surface area contributed by atoms with Gasteiger partial charge in [0.15, 0.2) is 9.84 Å². The van der Waals surface area contributed by atoms with Crippen molar-refractivity contribution in [3.05, 3.63) is 23.7 Å². The lowest BCUT2D eigenvalue weighted by Crippen LogP contribution is -2.31. The van der Waals surface area contributed by atoms with Crippen LogP contribution in [0.1, 0.15) is 22.7 Å². The van der Waals surface area contributed by atoms with E-state index in [1.54, 1.807) is 12.1 Å². The van der Waals surface area contributed by atoms with Crippen LogP contribution >= 0.6 is 0 Å². The molecule has 1 saturated heterocycles. The Morgan fingerprint density at radius 2 is 2.26 bits per heavy atom. The Bertz CT molecular complexity index is 562. The fourth-order valence-corrected chi connectivity index (χ4v) is 3.98. The molecule has 106 valence electrons. The molecule has 0 radical (unpaired) electrons. The molecule has 0 spiro atoms. The standard InChI is InChI=1S/C12H17NO5S/c1-13(9-5-6-19(15,16)8-9)7-10-3-4-11(18-10)12(14)17-2/h3-4,9H,5-8H2,1-2H3. The molecule has 1 aromatic rings. The van der Waals surface area contributed by atoms with Gasteiger partial charge in [0.2, 0.25) is 5.76 Å². The maximum atomic E-state index is 11.4. The van der Waals surface area contributed by atoms with E-state index >= 15 is 0 Å². The van der Waals surface area contributed by atoms with Gasteiger partial charge < -0.3 is 9.15 Å². The minimum absolute atomic E-state index is 0.0108. The van der Waals surface area contributed by atoms with Crippen LogP contribution < -0.4 is 0 Å². The van der Waals surface area contributed by atoms with Crippen LogP contribution in [0.15, 0.2) is 16.5 Å². The number of sulfone groups is 1. The van der Waals surface area contributed by atoms with Gasteiger partial charge in [-0.2, -0.15) is 0 Å². The Balaban J connectivity index is 1.98. The molecule has 0 amide bonds. The highest BCUT2D eigenvalue weighted by molar-refractivity contribution is 7.91. The van der Waals surface area contributed by atoms with E-state index in [1.807, 2.05) is 11.9 Å². The van der Waals surface area contributed by atoms with Gasteiger partial charge in [-0.15, -0.1) is 0 Å². The number of carbonyl (C=O) groups excluding carboxylic acids is 1. The van der Waals surface area contributed by atoms with Gasteiger partial charge in [-0.3, -0.25) is 4.90 Å². The first-order valence-corrected chi connectivity index (χ1v) is 7.81. The van der Waals surface area contributed by atoms with Gasteiger partial charge in [0.25, 0.3) is 0 Å². The molecule has 1 aliphatic heterocycles. The zero-order valence-corrected chi connectivity index (χ0v) is 11.8. The summed E-state index contributed by atoms with van der Waals surface area (Å²) in [6, 6.07) is 3.27. The summed E-state index contributed by atoms with van der Waals surface area (Å²) in [5.41, 5.74) is 0. The van der Waals surface area contributed by atoms with Crippen molar-refractivity contribution in [2.75, 3.05) is 25.7 Å². The van der Waals surface area contributed by atoms with E-state index in [4.69, 9.17) is 4.42 Å². The van der Waals surface area contributed by atoms with E-state index in [0.717, 1.165) is 0 Å². The highest BCUT2D eigenvalue weighted by Crippen LogP contribution is 2.19. The molecule has 1 aromatic heterocycles. The highest BCUT2D eigenvalue weighted by atomic mass is 32.2. The summed E-state index contributed by atoms with van der Waals surface area (Å²) in [7, 11) is 0.253. The van der Waals surface area contributed by atoms with Crippen LogP contribution in [0.25, 0.3) is 0 Å². The summed E-state index contributed by atoms with van der Waals surface area (Å²) in [5.74, 6) is 0.691. The number of rotatable bonds is 4. The van der Waals surface area contributed by atoms with Crippen molar-refractivity contribution < 1.29 is 22.4 Å². The first-order valence-electron chi connectivity index (χ1n) is 5.99. The lowest BCUT2D eigenvalue weighted by molar-refractivity contribution is 0.0561. The van der Waals surface area contributed by atoms with E-state index < -0.39 is 15.8 Å². The summed E-state index contributed by atoms with van der Waals surface area (Å²) in [6.07, 6.45) is 0.642. The molecule has 0 aliphatic carbocycles. The Morgan fingerprint density at radius 3 is 2.84 bits per heavy atom. The number of nitrogens with zero attached hydrogens (tertiary/aromatic N) is 1. The predicted molar refractivity (Wildman–Crippen MR) is 68.6 cm³/mol. The molecule has 2 rings (SSSR count). The maximum absolute atomic E-state index is 11.4. The predicted octanol–water partition coefficient (Wildman–Crippen LogP) is 0.685. The number of hydrogen-bond donors (Lipinski definition) is 0. The van der Waals surface area contributed by atoms with E-state index in [-0.39, 0.29) is 23.3 Å². The lowest BCUT2D eigenvalue weighted by Gasteiger charge is -2.21. The third-order valence-corrected chi connectivity index (χ3v) is 5.04. The normalized spacial score (nSPS) is 21.7. The van der Waals surface area contributed by atoms with Crippen LogP contribution in [0.5, 0.6) is 0 Å². The second-order valence-corrected chi connectivity index (χ2v) is 6.96. The first-order chi connectivity index (χ1) is 8.91. The zero-order chi connectivity index (χ0) is 14.0. The van der Waals surface area contributed by atoms with Gasteiger partial charge in [0.1, 0.15) is 5.76 Å². The third-order valence-electron chi connectivity index (χ3n) is 3.29. The van der Waals surface area contributed by atoms with Crippen molar-refractivity contribution in [3.8, 4) is 0 Å². The third kappa shape index (κ3) is 3.36. The van der Waals surface area contributed by atoms with E-state index in [2.05, 4.69) is 4.74 Å². The van der Waals surface area contributed by atoms with E-state index in [1.165, 1.54) is 7.11 Å². The molecule has 1 fully saturated rings. The fraction of sp³-hybridized carbons (Fsp3) is 0.583. The molecule has 1 unspecified atom stereocenters. The second kappa shape index (κ2) is 5.34. The average molecular weight is 287 g/mol. The van der Waals surface area contributed by atoms with E-state index in [9.17, 15) is 13.2 Å². The Hall–Kier alpha value is -1.34. The van der Waals surface area contributed by atoms with Crippen molar-refractivity contribution in [3.63, 3.8) is 0 Å². The molecule has 2 heterocycles. The number of carbonyl (C=O) groups is 1. The Labute approximate surface area is 112 Å². The van der Waals surface area contributed by atoms with Crippen LogP contribution in [0.3, 0.4) is 0 Å². The quantitative estimate of drug-likeness (QED) is 0.758. The number of hydrogen-bond acceptors (Lipinski definition) is 6. The SMILES string of the molecule is COC(=O)c1ccc(CN(C)C2CCS(=O)(=O)C2)o1. The minimum atomic E-state index is -2.89. The van der Waals surface area contributed by atoms with Crippen molar-refractivity contribution in [1.82, 2.24) is 4.90 Å². The van der Waals surface area contributed by atoms with Crippen molar-refractivity contribution >= 4 is 15.8 Å². The second-order valence-electron chi connectivity index (χ2n) is 4.73. The maximum Gasteiger partial charge on any atom is 0.373 e. The molecular formula is C12H17NO5S. The van der Waals surface area contributed by atoms with Gasteiger partial charge in [-0.05, 0) is 25.6 Å². The van der Waals surface area contributed by atoms with Crippen LogP contribution in [-0.2, 0) is 21.1 Å². The molecule has 1 atom stereocenters. The van der Waals surface area contributed by atoms with Gasteiger partial charge in [-0.25, -0.2) is 13.2 Å². The molecule has 19 heavy (non-hydrogen) atoms. The molecule has 0 saturated carbocycles. The number of ether oxygens (including phenoxy) is 1. The number of esters is 1. The Morgan fingerprint density at radius 1 is 1.53 bits per heavy atom. The lowest BCUT2D eigenvalue weighted by atomic mass is 10.2. The first kappa shape index (κ1) is 14.1. The van der Waals surface area contributed by atoms with Gasteiger partial charge in [0, 0.05) is 6.04 Å². The van der Waals surface area contributed by atoms with Gasteiger partial charge >= 0.3 is 5.97 Å². The summed E-state index contributed by atoms with van der Waals surface area (Å²) >= 11 is 0. The monoisotopic (exact) mass is 287 g/mol. The molecular weight excluding hydrogens is 270 g/mol. The largest absolute Gasteiger partial charge is 0.463 e. The number of methoxy groups -OCH3 is 1. The zero-order valence-electron chi connectivity index (χ0n) is 11.0. The summed E-state index contributed by atoms with van der Waals surface area (Å²) in [4.78, 5) is 13.2. The smallest absolute Gasteiger partial charge is 0.373 e. The van der Waals surface area contributed by atoms with Gasteiger partial charge in [0.05, 0.1) is 25.2 Å².